The molecule has 112 valence electrons. The number of pyridine rings is 1. The van der Waals surface area contributed by atoms with Gasteiger partial charge in [-0.2, -0.15) is 0 Å². The summed E-state index contributed by atoms with van der Waals surface area (Å²) in [6.45, 7) is 5.69. The molecule has 3 nitrogen and oxygen atoms in total. The van der Waals surface area contributed by atoms with E-state index in [0.717, 1.165) is 31.5 Å². The van der Waals surface area contributed by atoms with Gasteiger partial charge in [0.15, 0.2) is 0 Å². The second-order valence-electron chi connectivity index (χ2n) is 6.05. The number of hydrogen-bond acceptors (Lipinski definition) is 3. The second kappa shape index (κ2) is 8.38. The molecule has 0 saturated heterocycles. The predicted molar refractivity (Wildman–Crippen MR) is 84.9 cm³/mol. The summed E-state index contributed by atoms with van der Waals surface area (Å²) < 4.78 is 0. The average Bonchev–Trinajstić information content (AvgIpc) is 2.92. The molecule has 0 aliphatic heterocycles. The number of rotatable bonds is 8. The van der Waals surface area contributed by atoms with Gasteiger partial charge in [-0.15, -0.1) is 0 Å². The third kappa shape index (κ3) is 4.88. The maximum absolute atomic E-state index is 4.07. The summed E-state index contributed by atoms with van der Waals surface area (Å²) >= 11 is 0. The molecule has 1 aliphatic rings. The minimum Gasteiger partial charge on any atom is -0.314 e. The lowest BCUT2D eigenvalue weighted by Gasteiger charge is -2.23. The Kier molecular flexibility index (Phi) is 6.48. The highest BCUT2D eigenvalue weighted by Gasteiger charge is 2.25. The summed E-state index contributed by atoms with van der Waals surface area (Å²) in [6.07, 6.45) is 10.4. The monoisotopic (exact) mass is 275 g/mol. The van der Waals surface area contributed by atoms with E-state index >= 15 is 0 Å². The molecule has 2 unspecified atom stereocenters. The Morgan fingerprint density at radius 3 is 2.80 bits per heavy atom. The third-order valence-electron chi connectivity index (χ3n) is 4.54. The molecular weight excluding hydrogens is 246 g/mol. The van der Waals surface area contributed by atoms with Gasteiger partial charge in [-0.1, -0.05) is 13.3 Å². The van der Waals surface area contributed by atoms with Crippen LogP contribution in [-0.2, 0) is 6.42 Å². The van der Waals surface area contributed by atoms with Gasteiger partial charge in [0.1, 0.15) is 0 Å². The van der Waals surface area contributed by atoms with Crippen LogP contribution in [0.4, 0.5) is 0 Å². The SMILES string of the molecule is CCNC1CCCC1CCN(C)CCc1ccncc1. The summed E-state index contributed by atoms with van der Waals surface area (Å²) in [7, 11) is 2.25. The summed E-state index contributed by atoms with van der Waals surface area (Å²) in [5, 5.41) is 3.65. The topological polar surface area (TPSA) is 28.2 Å². The molecule has 20 heavy (non-hydrogen) atoms. The molecule has 2 rings (SSSR count). The van der Waals surface area contributed by atoms with E-state index in [4.69, 9.17) is 0 Å². The van der Waals surface area contributed by atoms with Crippen LogP contribution in [0, 0.1) is 5.92 Å². The van der Waals surface area contributed by atoms with Crippen LogP contribution in [0.1, 0.15) is 38.2 Å². The van der Waals surface area contributed by atoms with Crippen LogP contribution in [0.2, 0.25) is 0 Å². The maximum Gasteiger partial charge on any atom is 0.0270 e. The van der Waals surface area contributed by atoms with Crippen molar-refractivity contribution in [1.82, 2.24) is 15.2 Å². The zero-order chi connectivity index (χ0) is 14.2. The molecule has 1 aromatic rings. The van der Waals surface area contributed by atoms with Gasteiger partial charge in [-0.3, -0.25) is 4.98 Å². The number of likely N-dealkylation sites (N-methyl/N-ethyl adjacent to an activating group) is 1. The Morgan fingerprint density at radius 2 is 2.05 bits per heavy atom. The van der Waals surface area contributed by atoms with E-state index in [1.165, 1.54) is 37.8 Å². The summed E-state index contributed by atoms with van der Waals surface area (Å²) in [5.74, 6) is 0.887. The molecule has 0 amide bonds. The molecule has 2 atom stereocenters. The zero-order valence-corrected chi connectivity index (χ0v) is 13.0. The van der Waals surface area contributed by atoms with E-state index in [9.17, 15) is 0 Å². The lowest BCUT2D eigenvalue weighted by Crippen LogP contribution is -2.34. The summed E-state index contributed by atoms with van der Waals surface area (Å²) in [4.78, 5) is 6.54. The molecular formula is C17H29N3. The van der Waals surface area contributed by atoms with Crippen molar-refractivity contribution in [2.24, 2.45) is 5.92 Å². The highest BCUT2D eigenvalue weighted by atomic mass is 15.1. The van der Waals surface area contributed by atoms with Crippen molar-refractivity contribution in [1.29, 1.82) is 0 Å². The van der Waals surface area contributed by atoms with Crippen LogP contribution >= 0.6 is 0 Å². The van der Waals surface area contributed by atoms with E-state index < -0.39 is 0 Å². The molecule has 1 aliphatic carbocycles. The normalized spacial score (nSPS) is 22.6. The van der Waals surface area contributed by atoms with Gasteiger partial charge >= 0.3 is 0 Å². The van der Waals surface area contributed by atoms with Gasteiger partial charge in [0, 0.05) is 25.0 Å². The Hall–Kier alpha value is -0.930. The standard InChI is InChI=1S/C17H29N3/c1-3-19-17-6-4-5-16(17)10-14-20(2)13-9-15-7-11-18-12-8-15/h7-8,11-12,16-17,19H,3-6,9-10,13-14H2,1-2H3. The van der Waals surface area contributed by atoms with Crippen molar-refractivity contribution in [3.8, 4) is 0 Å². The van der Waals surface area contributed by atoms with Crippen molar-refractivity contribution in [2.45, 2.75) is 45.1 Å². The van der Waals surface area contributed by atoms with Crippen molar-refractivity contribution in [3.63, 3.8) is 0 Å². The molecule has 0 spiro atoms. The molecule has 1 saturated carbocycles. The summed E-state index contributed by atoms with van der Waals surface area (Å²) in [5.41, 5.74) is 1.39. The zero-order valence-electron chi connectivity index (χ0n) is 13.0. The number of nitrogens with one attached hydrogen (secondary N) is 1. The van der Waals surface area contributed by atoms with Gasteiger partial charge in [0.25, 0.3) is 0 Å². The smallest absolute Gasteiger partial charge is 0.0270 e. The predicted octanol–water partition coefficient (Wildman–Crippen LogP) is 2.72. The van der Waals surface area contributed by atoms with Gasteiger partial charge < -0.3 is 10.2 Å². The highest BCUT2D eigenvalue weighted by molar-refractivity contribution is 5.09. The second-order valence-corrected chi connectivity index (χ2v) is 6.05. The van der Waals surface area contributed by atoms with E-state index in [-0.39, 0.29) is 0 Å². The first-order chi connectivity index (χ1) is 9.79. The first-order valence-electron chi connectivity index (χ1n) is 8.10. The van der Waals surface area contributed by atoms with Crippen LogP contribution in [0.25, 0.3) is 0 Å². The molecule has 3 heteroatoms. The van der Waals surface area contributed by atoms with Crippen molar-refractivity contribution < 1.29 is 0 Å². The molecule has 0 radical (unpaired) electrons. The van der Waals surface area contributed by atoms with Crippen molar-refractivity contribution in [3.05, 3.63) is 30.1 Å². The lowest BCUT2D eigenvalue weighted by atomic mass is 9.99. The van der Waals surface area contributed by atoms with Crippen LogP contribution in [0.15, 0.2) is 24.5 Å². The van der Waals surface area contributed by atoms with Gasteiger partial charge in [0.2, 0.25) is 0 Å². The minimum atomic E-state index is 0.772. The Labute approximate surface area is 123 Å². The molecule has 1 heterocycles. The van der Waals surface area contributed by atoms with Crippen molar-refractivity contribution >= 4 is 0 Å². The maximum atomic E-state index is 4.07. The number of hydrogen-bond donors (Lipinski definition) is 1. The summed E-state index contributed by atoms with van der Waals surface area (Å²) in [6, 6.07) is 5.01. The Morgan fingerprint density at radius 1 is 1.25 bits per heavy atom. The van der Waals surface area contributed by atoms with Gasteiger partial charge in [0.05, 0.1) is 0 Å². The quantitative estimate of drug-likeness (QED) is 0.790. The molecule has 0 aromatic carbocycles. The van der Waals surface area contributed by atoms with Crippen LogP contribution in [0.5, 0.6) is 0 Å². The van der Waals surface area contributed by atoms with E-state index in [2.05, 4.69) is 41.3 Å². The number of aromatic nitrogens is 1. The van der Waals surface area contributed by atoms with Gasteiger partial charge in [-0.25, -0.2) is 0 Å². The lowest BCUT2D eigenvalue weighted by molar-refractivity contribution is 0.284. The highest BCUT2D eigenvalue weighted by Crippen LogP contribution is 2.28. The molecule has 1 aromatic heterocycles. The Balaban J connectivity index is 1.66. The van der Waals surface area contributed by atoms with Crippen LogP contribution in [-0.4, -0.2) is 42.6 Å². The number of nitrogens with zero attached hydrogens (tertiary/aromatic N) is 2. The van der Waals surface area contributed by atoms with Crippen molar-refractivity contribution in [2.75, 3.05) is 26.7 Å². The van der Waals surface area contributed by atoms with Crippen LogP contribution < -0.4 is 5.32 Å². The Bertz CT molecular complexity index is 366. The van der Waals surface area contributed by atoms with E-state index in [1.54, 1.807) is 0 Å². The molecule has 1 fully saturated rings. The fourth-order valence-electron chi connectivity index (χ4n) is 3.28. The van der Waals surface area contributed by atoms with E-state index in [1.807, 2.05) is 12.4 Å². The van der Waals surface area contributed by atoms with Crippen LogP contribution in [0.3, 0.4) is 0 Å². The third-order valence-corrected chi connectivity index (χ3v) is 4.54. The molecule has 1 N–H and O–H groups in total. The average molecular weight is 275 g/mol. The van der Waals surface area contributed by atoms with Gasteiger partial charge in [-0.05, 0) is 69.4 Å². The fourth-order valence-corrected chi connectivity index (χ4v) is 3.28. The molecule has 0 bridgehead atoms. The minimum absolute atomic E-state index is 0.772. The largest absolute Gasteiger partial charge is 0.314 e. The fraction of sp³-hybridized carbons (Fsp3) is 0.706. The first kappa shape index (κ1) is 15.5. The van der Waals surface area contributed by atoms with E-state index in [0.29, 0.717) is 0 Å². The first-order valence-corrected chi connectivity index (χ1v) is 8.10.